The number of carbonyl (C=O) groups excluding carboxylic acids is 1. The Morgan fingerprint density at radius 1 is 1.41 bits per heavy atom. The number of likely N-dealkylation sites (N-methyl/N-ethyl adjacent to an activating group) is 1. The number of rotatable bonds is 6. The molecule has 1 aliphatic heterocycles. The van der Waals surface area contributed by atoms with Crippen LogP contribution in [0.15, 0.2) is 35.9 Å². The normalized spacial score (nSPS) is 15.6. The number of anilines is 2. The van der Waals surface area contributed by atoms with Gasteiger partial charge in [-0.1, -0.05) is 6.08 Å². The van der Waals surface area contributed by atoms with E-state index in [2.05, 4.69) is 15.3 Å². The van der Waals surface area contributed by atoms with E-state index in [0.29, 0.717) is 11.7 Å². The summed E-state index contributed by atoms with van der Waals surface area (Å²) in [4.78, 5) is 24.8. The van der Waals surface area contributed by atoms with Gasteiger partial charge in [-0.3, -0.25) is 4.79 Å². The Morgan fingerprint density at radius 2 is 2.19 bits per heavy atom. The van der Waals surface area contributed by atoms with Crippen molar-refractivity contribution in [3.63, 3.8) is 0 Å². The van der Waals surface area contributed by atoms with Crippen molar-refractivity contribution in [2.24, 2.45) is 0 Å². The lowest BCUT2D eigenvalue weighted by molar-refractivity contribution is -0.127. The van der Waals surface area contributed by atoms with Gasteiger partial charge in [-0.2, -0.15) is 0 Å². The molecule has 8 heteroatoms. The molecular formula is C19H24FN5OS. The fourth-order valence-corrected chi connectivity index (χ4v) is 3.75. The van der Waals surface area contributed by atoms with Crippen molar-refractivity contribution in [2.45, 2.75) is 18.8 Å². The van der Waals surface area contributed by atoms with E-state index in [4.69, 9.17) is 0 Å². The Hall–Kier alpha value is -2.32. The molecule has 27 heavy (non-hydrogen) atoms. The van der Waals surface area contributed by atoms with Gasteiger partial charge in [-0.15, -0.1) is 11.3 Å². The van der Waals surface area contributed by atoms with Crippen LogP contribution in [0.5, 0.6) is 0 Å². The van der Waals surface area contributed by atoms with Crippen LogP contribution in [0, 0.1) is 5.82 Å². The van der Waals surface area contributed by atoms with E-state index >= 15 is 0 Å². The lowest BCUT2D eigenvalue weighted by Gasteiger charge is -2.30. The van der Waals surface area contributed by atoms with Crippen molar-refractivity contribution in [3.8, 4) is 0 Å². The molecule has 0 aromatic carbocycles. The van der Waals surface area contributed by atoms with E-state index in [-0.39, 0.29) is 11.7 Å². The predicted molar refractivity (Wildman–Crippen MR) is 106 cm³/mol. The predicted octanol–water partition coefficient (Wildman–Crippen LogP) is 3.24. The molecule has 1 amide bonds. The number of piperidine rings is 1. The van der Waals surface area contributed by atoms with E-state index in [1.54, 1.807) is 12.1 Å². The first kappa shape index (κ1) is 19.4. The number of nitrogens with zero attached hydrogens (tertiary/aromatic N) is 4. The van der Waals surface area contributed by atoms with E-state index in [1.165, 1.54) is 23.6 Å². The highest BCUT2D eigenvalue weighted by atomic mass is 32.1. The highest BCUT2D eigenvalue weighted by Gasteiger charge is 2.24. The highest BCUT2D eigenvalue weighted by Crippen LogP contribution is 2.31. The van der Waals surface area contributed by atoms with Crippen LogP contribution in [-0.2, 0) is 4.79 Å². The Morgan fingerprint density at radius 3 is 2.85 bits per heavy atom. The molecule has 0 spiro atoms. The first-order valence-corrected chi connectivity index (χ1v) is 9.83. The van der Waals surface area contributed by atoms with Gasteiger partial charge in [0, 0.05) is 37.0 Å². The van der Waals surface area contributed by atoms with Gasteiger partial charge in [0.1, 0.15) is 11.6 Å². The van der Waals surface area contributed by atoms with Gasteiger partial charge in [-0.25, -0.2) is 14.4 Å². The zero-order valence-electron chi connectivity index (χ0n) is 15.6. The van der Waals surface area contributed by atoms with Gasteiger partial charge in [-0.05, 0) is 39.1 Å². The van der Waals surface area contributed by atoms with Crippen LogP contribution < -0.4 is 5.32 Å². The third-order valence-corrected chi connectivity index (χ3v) is 5.22. The summed E-state index contributed by atoms with van der Waals surface area (Å²) in [5, 5.41) is 5.89. The number of aromatic nitrogens is 2. The SMILES string of the molecule is CN(C)C/C=C/C(=O)N1CCC(c2csc(Nc3ccc(F)cn3)n2)CC1. The van der Waals surface area contributed by atoms with Crippen molar-refractivity contribution in [3.05, 3.63) is 47.4 Å². The second kappa shape index (κ2) is 9.05. The van der Waals surface area contributed by atoms with Crippen molar-refractivity contribution in [1.82, 2.24) is 19.8 Å². The largest absolute Gasteiger partial charge is 0.339 e. The monoisotopic (exact) mass is 389 g/mol. The molecule has 3 rings (SSSR count). The highest BCUT2D eigenvalue weighted by molar-refractivity contribution is 7.13. The summed E-state index contributed by atoms with van der Waals surface area (Å²) in [6.07, 6.45) is 6.56. The molecule has 3 heterocycles. The van der Waals surface area contributed by atoms with Crippen LogP contribution in [0.2, 0.25) is 0 Å². The molecule has 0 aliphatic carbocycles. The summed E-state index contributed by atoms with van der Waals surface area (Å²) in [5.74, 6) is 0.645. The number of hydrogen-bond donors (Lipinski definition) is 1. The standard InChI is InChI=1S/C19H24FN5OS/c1-24(2)9-3-4-18(26)25-10-7-14(8-11-25)16-13-27-19(22-16)23-17-6-5-15(20)12-21-17/h3-6,12-14H,7-11H2,1-2H3,(H,21,22,23)/b4-3+. The number of likely N-dealkylation sites (tertiary alicyclic amines) is 1. The molecular weight excluding hydrogens is 365 g/mol. The summed E-state index contributed by atoms with van der Waals surface area (Å²) in [6.45, 7) is 2.25. The zero-order chi connectivity index (χ0) is 19.2. The molecule has 1 aliphatic rings. The summed E-state index contributed by atoms with van der Waals surface area (Å²) in [7, 11) is 3.95. The average Bonchev–Trinajstić information content (AvgIpc) is 3.12. The van der Waals surface area contributed by atoms with Gasteiger partial charge in [0.2, 0.25) is 5.91 Å². The molecule has 2 aromatic rings. The van der Waals surface area contributed by atoms with Crippen molar-refractivity contribution < 1.29 is 9.18 Å². The fraction of sp³-hybridized carbons (Fsp3) is 0.421. The first-order valence-electron chi connectivity index (χ1n) is 8.95. The molecule has 0 radical (unpaired) electrons. The number of halogens is 1. The van der Waals surface area contributed by atoms with Crippen LogP contribution in [0.1, 0.15) is 24.5 Å². The summed E-state index contributed by atoms with van der Waals surface area (Å²) < 4.78 is 12.9. The van der Waals surface area contributed by atoms with Gasteiger partial charge in [0.25, 0.3) is 0 Å². The number of hydrogen-bond acceptors (Lipinski definition) is 6. The molecule has 1 fully saturated rings. The maximum atomic E-state index is 12.9. The van der Waals surface area contributed by atoms with Gasteiger partial charge in [0.05, 0.1) is 11.9 Å². The van der Waals surface area contributed by atoms with Crippen molar-refractivity contribution in [2.75, 3.05) is 39.0 Å². The molecule has 6 nitrogen and oxygen atoms in total. The minimum Gasteiger partial charge on any atom is -0.339 e. The number of carbonyl (C=O) groups is 1. The fourth-order valence-electron chi connectivity index (χ4n) is 2.96. The van der Waals surface area contributed by atoms with E-state index in [1.807, 2.05) is 35.4 Å². The average molecular weight is 390 g/mol. The number of thiazole rings is 1. The van der Waals surface area contributed by atoms with E-state index in [0.717, 1.165) is 43.3 Å². The molecule has 1 saturated heterocycles. The lowest BCUT2D eigenvalue weighted by atomic mass is 9.94. The Balaban J connectivity index is 1.51. The molecule has 0 atom stereocenters. The molecule has 1 N–H and O–H groups in total. The van der Waals surface area contributed by atoms with Gasteiger partial charge in [0.15, 0.2) is 5.13 Å². The number of nitrogens with one attached hydrogen (secondary N) is 1. The minimum atomic E-state index is -0.363. The van der Waals surface area contributed by atoms with Crippen LogP contribution in [-0.4, -0.2) is 59.4 Å². The lowest BCUT2D eigenvalue weighted by Crippen LogP contribution is -2.37. The Bertz CT molecular complexity index is 782. The molecule has 0 unspecified atom stereocenters. The minimum absolute atomic E-state index is 0.0818. The number of amides is 1. The van der Waals surface area contributed by atoms with Gasteiger partial charge >= 0.3 is 0 Å². The van der Waals surface area contributed by atoms with Crippen molar-refractivity contribution >= 4 is 28.2 Å². The Labute approximate surface area is 162 Å². The zero-order valence-corrected chi connectivity index (χ0v) is 16.4. The van der Waals surface area contributed by atoms with E-state index in [9.17, 15) is 9.18 Å². The van der Waals surface area contributed by atoms with Crippen LogP contribution in [0.4, 0.5) is 15.3 Å². The summed E-state index contributed by atoms with van der Waals surface area (Å²) >= 11 is 1.51. The molecule has 0 saturated carbocycles. The van der Waals surface area contributed by atoms with E-state index < -0.39 is 0 Å². The topological polar surface area (TPSA) is 61.4 Å². The maximum absolute atomic E-state index is 12.9. The summed E-state index contributed by atoms with van der Waals surface area (Å²) in [5.41, 5.74) is 1.04. The first-order chi connectivity index (χ1) is 13.0. The van der Waals surface area contributed by atoms with Crippen molar-refractivity contribution in [1.29, 1.82) is 0 Å². The second-order valence-electron chi connectivity index (χ2n) is 6.83. The third-order valence-electron chi connectivity index (χ3n) is 4.44. The van der Waals surface area contributed by atoms with Crippen LogP contribution in [0.3, 0.4) is 0 Å². The van der Waals surface area contributed by atoms with Crippen LogP contribution in [0.25, 0.3) is 0 Å². The van der Waals surface area contributed by atoms with Gasteiger partial charge < -0.3 is 15.1 Å². The van der Waals surface area contributed by atoms with Crippen LogP contribution >= 0.6 is 11.3 Å². The Kier molecular flexibility index (Phi) is 6.52. The molecule has 144 valence electrons. The summed E-state index contributed by atoms with van der Waals surface area (Å²) in [6, 6.07) is 2.95. The molecule has 2 aromatic heterocycles. The third kappa shape index (κ3) is 5.58. The second-order valence-corrected chi connectivity index (χ2v) is 7.69. The number of pyridine rings is 1. The quantitative estimate of drug-likeness (QED) is 0.769. The maximum Gasteiger partial charge on any atom is 0.246 e. The molecule has 0 bridgehead atoms. The smallest absolute Gasteiger partial charge is 0.246 e.